The maximum atomic E-state index is 13.2. The monoisotopic (exact) mass is 506 g/mol. The number of ether oxygens (including phenoxy) is 1. The molecule has 2 aromatic heterocycles. The molecule has 0 unspecified atom stereocenters. The Morgan fingerprint density at radius 1 is 1.24 bits per heavy atom. The Kier molecular flexibility index (Phi) is 6.04. The number of furan rings is 1. The zero-order chi connectivity index (χ0) is 26.3. The summed E-state index contributed by atoms with van der Waals surface area (Å²) < 4.78 is 11.2. The van der Waals surface area contributed by atoms with Gasteiger partial charge in [-0.05, 0) is 37.9 Å². The topological polar surface area (TPSA) is 146 Å². The summed E-state index contributed by atoms with van der Waals surface area (Å²) >= 11 is 0. The van der Waals surface area contributed by atoms with Gasteiger partial charge >= 0.3 is 6.03 Å². The average molecular weight is 507 g/mol. The number of hydrogen-bond acceptors (Lipinski definition) is 8. The Morgan fingerprint density at radius 3 is 2.76 bits per heavy atom. The largest absolute Gasteiger partial charge is 0.497 e. The zero-order valence-corrected chi connectivity index (χ0v) is 20.6. The predicted molar refractivity (Wildman–Crippen MR) is 131 cm³/mol. The van der Waals surface area contributed by atoms with Crippen LogP contribution in [0.4, 0.5) is 4.79 Å². The normalized spacial score (nSPS) is 18.8. The molecule has 2 aliphatic rings. The standard InChI is InChI=1S/C25H26N6O6/c1-30(2)7-6-26-21(32)15-8-19-18(27-11-15)10-20(37-19)25(23(34)28-24(35)29-25)13-31-12-14-4-5-16(36-3)9-17(14)22(31)33/h4-5,8-11H,6-7,12-13H2,1-3H3,(H,26,32)(H2,28,29,34,35)/t25-/m0/s1. The van der Waals surface area contributed by atoms with Gasteiger partial charge in [0.2, 0.25) is 0 Å². The van der Waals surface area contributed by atoms with Gasteiger partial charge in [0.05, 0.1) is 19.2 Å². The number of imide groups is 1. The summed E-state index contributed by atoms with van der Waals surface area (Å²) in [5.74, 6) is -0.621. The number of urea groups is 1. The number of nitrogens with zero attached hydrogens (tertiary/aromatic N) is 3. The molecule has 5 amide bonds. The molecule has 1 saturated heterocycles. The van der Waals surface area contributed by atoms with Crippen LogP contribution in [0.15, 0.2) is 40.9 Å². The summed E-state index contributed by atoms with van der Waals surface area (Å²) in [5.41, 5.74) is 0.532. The SMILES string of the molecule is COc1ccc2c(c1)C(=O)N(C[C@@]1(c3cc4ncc(C(=O)NCCN(C)C)cc4o3)NC(=O)NC1=O)C2. The lowest BCUT2D eigenvalue weighted by Gasteiger charge is -2.28. The van der Waals surface area contributed by atoms with E-state index in [-0.39, 0.29) is 36.2 Å². The van der Waals surface area contributed by atoms with E-state index in [1.165, 1.54) is 30.3 Å². The van der Waals surface area contributed by atoms with Gasteiger partial charge in [-0.3, -0.25) is 24.7 Å². The third kappa shape index (κ3) is 4.35. The van der Waals surface area contributed by atoms with Crippen molar-refractivity contribution >= 4 is 34.9 Å². The number of pyridine rings is 1. The molecule has 3 N–H and O–H groups in total. The molecule has 0 saturated carbocycles. The summed E-state index contributed by atoms with van der Waals surface area (Å²) in [6.07, 6.45) is 1.42. The second-order valence-corrected chi connectivity index (χ2v) is 9.28. The second kappa shape index (κ2) is 9.21. The lowest BCUT2D eigenvalue weighted by Crippen LogP contribution is -2.52. The van der Waals surface area contributed by atoms with Crippen LogP contribution in [-0.4, -0.2) is 79.4 Å². The number of fused-ring (bicyclic) bond motifs is 2. The number of carbonyl (C=O) groups is 4. The lowest BCUT2D eigenvalue weighted by atomic mass is 9.95. The van der Waals surface area contributed by atoms with Gasteiger partial charge in [-0.1, -0.05) is 6.07 Å². The van der Waals surface area contributed by atoms with Crippen molar-refractivity contribution in [3.63, 3.8) is 0 Å². The summed E-state index contributed by atoms with van der Waals surface area (Å²) in [4.78, 5) is 58.7. The van der Waals surface area contributed by atoms with Crippen molar-refractivity contribution in [2.24, 2.45) is 0 Å². The fraction of sp³-hybridized carbons (Fsp3) is 0.320. The van der Waals surface area contributed by atoms with E-state index < -0.39 is 17.5 Å². The Bertz CT molecular complexity index is 1430. The summed E-state index contributed by atoms with van der Waals surface area (Å²) in [6, 6.07) is 7.56. The smallest absolute Gasteiger partial charge is 0.322 e. The lowest BCUT2D eigenvalue weighted by molar-refractivity contribution is -0.125. The van der Waals surface area contributed by atoms with Crippen LogP contribution in [0.25, 0.3) is 11.1 Å². The Balaban J connectivity index is 1.44. The highest BCUT2D eigenvalue weighted by molar-refractivity contribution is 6.08. The summed E-state index contributed by atoms with van der Waals surface area (Å²) in [5, 5.41) is 7.70. The van der Waals surface area contributed by atoms with Crippen molar-refractivity contribution in [3.05, 3.63) is 59.0 Å². The first kappa shape index (κ1) is 24.3. The Hall–Kier alpha value is -4.45. The second-order valence-electron chi connectivity index (χ2n) is 9.28. The number of benzene rings is 1. The van der Waals surface area contributed by atoms with E-state index in [0.717, 1.165) is 5.56 Å². The quantitative estimate of drug-likeness (QED) is 0.381. The molecular formula is C25H26N6O6. The number of hydrogen-bond donors (Lipinski definition) is 3. The number of rotatable bonds is 8. The fourth-order valence-electron chi connectivity index (χ4n) is 4.48. The van der Waals surface area contributed by atoms with E-state index >= 15 is 0 Å². The molecule has 3 aromatic rings. The highest BCUT2D eigenvalue weighted by Crippen LogP contribution is 2.34. The van der Waals surface area contributed by atoms with E-state index in [4.69, 9.17) is 9.15 Å². The van der Waals surface area contributed by atoms with Gasteiger partial charge in [0.1, 0.15) is 17.0 Å². The maximum absolute atomic E-state index is 13.2. The van der Waals surface area contributed by atoms with Crippen molar-refractivity contribution in [1.82, 2.24) is 30.7 Å². The molecule has 37 heavy (non-hydrogen) atoms. The van der Waals surface area contributed by atoms with E-state index in [2.05, 4.69) is 20.9 Å². The number of aromatic nitrogens is 1. The molecule has 12 heteroatoms. The first-order valence-electron chi connectivity index (χ1n) is 11.6. The molecular weight excluding hydrogens is 480 g/mol. The van der Waals surface area contributed by atoms with Gasteiger partial charge in [-0.2, -0.15) is 0 Å². The molecule has 1 fully saturated rings. The first-order valence-corrected chi connectivity index (χ1v) is 11.6. The number of amides is 5. The van der Waals surface area contributed by atoms with Crippen LogP contribution >= 0.6 is 0 Å². The van der Waals surface area contributed by atoms with Crippen LogP contribution in [-0.2, 0) is 16.9 Å². The average Bonchev–Trinajstić information content (AvgIpc) is 3.52. The third-order valence-electron chi connectivity index (χ3n) is 6.46. The molecule has 2 aliphatic heterocycles. The number of nitrogens with one attached hydrogen (secondary N) is 3. The van der Waals surface area contributed by atoms with Gasteiger partial charge in [-0.15, -0.1) is 0 Å². The molecule has 1 aromatic carbocycles. The van der Waals surface area contributed by atoms with Gasteiger partial charge in [0, 0.05) is 37.5 Å². The molecule has 192 valence electrons. The van der Waals surface area contributed by atoms with Crippen LogP contribution in [0.5, 0.6) is 5.75 Å². The van der Waals surface area contributed by atoms with Crippen molar-refractivity contribution in [3.8, 4) is 5.75 Å². The minimum absolute atomic E-state index is 0.102. The molecule has 0 bridgehead atoms. The van der Waals surface area contributed by atoms with E-state index in [9.17, 15) is 19.2 Å². The van der Waals surface area contributed by atoms with Crippen LogP contribution < -0.4 is 20.7 Å². The van der Waals surface area contributed by atoms with Crippen LogP contribution in [0.3, 0.4) is 0 Å². The molecule has 0 aliphatic carbocycles. The van der Waals surface area contributed by atoms with Crippen molar-refractivity contribution in [2.45, 2.75) is 12.1 Å². The summed E-state index contributed by atoms with van der Waals surface area (Å²) in [6.45, 7) is 1.22. The van der Waals surface area contributed by atoms with Crippen molar-refractivity contribution in [1.29, 1.82) is 0 Å². The first-order chi connectivity index (χ1) is 17.7. The number of carbonyl (C=O) groups excluding carboxylic acids is 4. The zero-order valence-electron chi connectivity index (χ0n) is 20.6. The fourth-order valence-corrected chi connectivity index (χ4v) is 4.48. The summed E-state index contributed by atoms with van der Waals surface area (Å²) in [7, 11) is 5.33. The minimum atomic E-state index is -1.67. The Morgan fingerprint density at radius 2 is 2.05 bits per heavy atom. The molecule has 12 nitrogen and oxygen atoms in total. The van der Waals surface area contributed by atoms with Crippen molar-refractivity contribution < 1.29 is 28.3 Å². The van der Waals surface area contributed by atoms with Crippen molar-refractivity contribution in [2.75, 3.05) is 40.8 Å². The molecule has 1 atom stereocenters. The van der Waals surface area contributed by atoms with Gasteiger partial charge in [0.25, 0.3) is 17.7 Å². The predicted octanol–water partition coefficient (Wildman–Crippen LogP) is 0.819. The third-order valence-corrected chi connectivity index (χ3v) is 6.46. The van der Waals surface area contributed by atoms with Crippen LogP contribution in [0, 0.1) is 0 Å². The molecule has 0 radical (unpaired) electrons. The Labute approximate surface area is 211 Å². The van der Waals surface area contributed by atoms with E-state index in [1.54, 1.807) is 18.2 Å². The molecule has 5 rings (SSSR count). The number of methoxy groups -OCH3 is 1. The van der Waals surface area contributed by atoms with Gasteiger partial charge in [-0.25, -0.2) is 4.79 Å². The highest BCUT2D eigenvalue weighted by atomic mass is 16.5. The van der Waals surface area contributed by atoms with E-state index in [0.29, 0.717) is 35.5 Å². The van der Waals surface area contributed by atoms with Gasteiger partial charge < -0.3 is 29.6 Å². The van der Waals surface area contributed by atoms with Gasteiger partial charge in [0.15, 0.2) is 11.1 Å². The molecule has 0 spiro atoms. The maximum Gasteiger partial charge on any atom is 0.322 e. The van der Waals surface area contributed by atoms with Crippen LogP contribution in [0.1, 0.15) is 32.0 Å². The highest BCUT2D eigenvalue weighted by Gasteiger charge is 2.53. The minimum Gasteiger partial charge on any atom is -0.497 e. The van der Waals surface area contributed by atoms with Crippen LogP contribution in [0.2, 0.25) is 0 Å². The number of likely N-dealkylation sites (N-methyl/N-ethyl adjacent to an activating group) is 1. The molecule has 4 heterocycles. The van der Waals surface area contributed by atoms with E-state index in [1.807, 2.05) is 19.0 Å².